The number of nitrogens with one attached hydrogen (secondary N) is 1. The van der Waals surface area contributed by atoms with E-state index in [1.165, 1.54) is 0 Å². The van der Waals surface area contributed by atoms with Gasteiger partial charge in [0.25, 0.3) is 0 Å². The monoisotopic (exact) mass is 236 g/mol. The van der Waals surface area contributed by atoms with Crippen LogP contribution in [0.3, 0.4) is 0 Å². The van der Waals surface area contributed by atoms with E-state index in [9.17, 15) is 4.79 Å². The molecule has 0 aromatic heterocycles. The number of benzene rings is 1. The minimum absolute atomic E-state index is 0.205. The number of hydrogen-bond donors (Lipinski definition) is 2. The van der Waals surface area contributed by atoms with Gasteiger partial charge >= 0.3 is 0 Å². The van der Waals surface area contributed by atoms with Gasteiger partial charge in [0.05, 0.1) is 6.10 Å². The SMILES string of the molecule is CCC(C)Oc1cccc(NCCC(N)=O)c1. The van der Waals surface area contributed by atoms with Gasteiger partial charge in [-0.05, 0) is 25.5 Å². The molecule has 4 heteroatoms. The van der Waals surface area contributed by atoms with Crippen molar-refractivity contribution >= 4 is 11.6 Å². The third-order valence-electron chi connectivity index (χ3n) is 2.45. The maximum absolute atomic E-state index is 10.6. The van der Waals surface area contributed by atoms with Crippen molar-refractivity contribution in [1.29, 1.82) is 0 Å². The van der Waals surface area contributed by atoms with E-state index in [0.717, 1.165) is 17.9 Å². The van der Waals surface area contributed by atoms with Gasteiger partial charge in [-0.2, -0.15) is 0 Å². The Bertz CT molecular complexity index is 366. The van der Waals surface area contributed by atoms with Crippen LogP contribution in [0.5, 0.6) is 5.75 Å². The average molecular weight is 236 g/mol. The zero-order chi connectivity index (χ0) is 12.7. The molecule has 1 unspecified atom stereocenters. The summed E-state index contributed by atoms with van der Waals surface area (Å²) in [5.41, 5.74) is 6.00. The Balaban J connectivity index is 2.50. The number of carbonyl (C=O) groups excluding carboxylic acids is 1. The molecule has 94 valence electrons. The fraction of sp³-hybridized carbons (Fsp3) is 0.462. The van der Waals surface area contributed by atoms with Gasteiger partial charge in [-0.3, -0.25) is 4.79 Å². The summed E-state index contributed by atoms with van der Waals surface area (Å²) < 4.78 is 5.70. The van der Waals surface area contributed by atoms with Crippen molar-refractivity contribution < 1.29 is 9.53 Å². The lowest BCUT2D eigenvalue weighted by molar-refractivity contribution is -0.117. The Labute approximate surface area is 102 Å². The molecular weight excluding hydrogens is 216 g/mol. The highest BCUT2D eigenvalue weighted by molar-refractivity contribution is 5.74. The van der Waals surface area contributed by atoms with E-state index in [1.807, 2.05) is 31.2 Å². The maximum atomic E-state index is 10.6. The Morgan fingerprint density at radius 3 is 2.94 bits per heavy atom. The van der Waals surface area contributed by atoms with E-state index in [-0.39, 0.29) is 12.0 Å². The fourth-order valence-corrected chi connectivity index (χ4v) is 1.33. The minimum Gasteiger partial charge on any atom is -0.491 e. The van der Waals surface area contributed by atoms with E-state index in [2.05, 4.69) is 12.2 Å². The molecule has 1 aromatic carbocycles. The van der Waals surface area contributed by atoms with Crippen LogP contribution in [0.2, 0.25) is 0 Å². The number of nitrogens with two attached hydrogens (primary N) is 1. The van der Waals surface area contributed by atoms with Crippen LogP contribution in [0.1, 0.15) is 26.7 Å². The highest BCUT2D eigenvalue weighted by Crippen LogP contribution is 2.19. The van der Waals surface area contributed by atoms with Gasteiger partial charge in [-0.25, -0.2) is 0 Å². The molecule has 4 nitrogen and oxygen atoms in total. The van der Waals surface area contributed by atoms with Crippen LogP contribution in [0.15, 0.2) is 24.3 Å². The van der Waals surface area contributed by atoms with E-state index in [4.69, 9.17) is 10.5 Å². The van der Waals surface area contributed by atoms with E-state index in [0.29, 0.717) is 13.0 Å². The van der Waals surface area contributed by atoms with Crippen LogP contribution in [0.4, 0.5) is 5.69 Å². The Morgan fingerprint density at radius 2 is 2.29 bits per heavy atom. The summed E-state index contributed by atoms with van der Waals surface area (Å²) in [6.07, 6.45) is 1.51. The molecule has 0 heterocycles. The normalized spacial score (nSPS) is 11.9. The van der Waals surface area contributed by atoms with E-state index in [1.54, 1.807) is 0 Å². The number of amides is 1. The van der Waals surface area contributed by atoms with Crippen molar-refractivity contribution in [1.82, 2.24) is 0 Å². The van der Waals surface area contributed by atoms with Crippen LogP contribution in [0, 0.1) is 0 Å². The molecule has 0 radical (unpaired) electrons. The molecular formula is C13H20N2O2. The third kappa shape index (κ3) is 5.24. The van der Waals surface area contributed by atoms with Crippen molar-refractivity contribution in [2.75, 3.05) is 11.9 Å². The van der Waals surface area contributed by atoms with Crippen molar-refractivity contribution in [3.8, 4) is 5.75 Å². The molecule has 0 aliphatic carbocycles. The van der Waals surface area contributed by atoms with Gasteiger partial charge in [0.15, 0.2) is 0 Å². The van der Waals surface area contributed by atoms with Crippen LogP contribution >= 0.6 is 0 Å². The minimum atomic E-state index is -0.301. The molecule has 1 aromatic rings. The third-order valence-corrected chi connectivity index (χ3v) is 2.45. The largest absolute Gasteiger partial charge is 0.491 e. The van der Waals surface area contributed by atoms with Gasteiger partial charge in [-0.15, -0.1) is 0 Å². The van der Waals surface area contributed by atoms with Crippen LogP contribution < -0.4 is 15.8 Å². The summed E-state index contributed by atoms with van der Waals surface area (Å²) in [5, 5.41) is 3.13. The Hall–Kier alpha value is -1.71. The van der Waals surface area contributed by atoms with Crippen molar-refractivity contribution in [3.05, 3.63) is 24.3 Å². The lowest BCUT2D eigenvalue weighted by Crippen LogP contribution is -2.16. The molecule has 0 bridgehead atoms. The topological polar surface area (TPSA) is 64.3 Å². The summed E-state index contributed by atoms with van der Waals surface area (Å²) in [6.45, 7) is 4.66. The Kier molecular flexibility index (Phi) is 5.33. The first-order valence-electron chi connectivity index (χ1n) is 5.90. The molecule has 0 spiro atoms. The van der Waals surface area contributed by atoms with E-state index >= 15 is 0 Å². The summed E-state index contributed by atoms with van der Waals surface area (Å²) in [5.74, 6) is 0.535. The van der Waals surface area contributed by atoms with Gasteiger partial charge in [0.1, 0.15) is 5.75 Å². The zero-order valence-electron chi connectivity index (χ0n) is 10.4. The number of rotatable bonds is 7. The summed E-state index contributed by atoms with van der Waals surface area (Å²) >= 11 is 0. The molecule has 0 aliphatic heterocycles. The molecule has 0 saturated heterocycles. The second kappa shape index (κ2) is 6.78. The lowest BCUT2D eigenvalue weighted by atomic mass is 10.2. The molecule has 3 N–H and O–H groups in total. The van der Waals surface area contributed by atoms with Crippen LogP contribution in [-0.2, 0) is 4.79 Å². The van der Waals surface area contributed by atoms with Crippen LogP contribution in [0.25, 0.3) is 0 Å². The quantitative estimate of drug-likeness (QED) is 0.762. The second-order valence-corrected chi connectivity index (χ2v) is 4.01. The van der Waals surface area contributed by atoms with Crippen molar-refractivity contribution in [2.45, 2.75) is 32.8 Å². The lowest BCUT2D eigenvalue weighted by Gasteiger charge is -2.13. The zero-order valence-corrected chi connectivity index (χ0v) is 10.4. The highest BCUT2D eigenvalue weighted by Gasteiger charge is 2.02. The predicted molar refractivity (Wildman–Crippen MR) is 69.1 cm³/mol. The first-order chi connectivity index (χ1) is 8.11. The van der Waals surface area contributed by atoms with Crippen LogP contribution in [-0.4, -0.2) is 18.6 Å². The van der Waals surface area contributed by atoms with Gasteiger partial charge in [-0.1, -0.05) is 13.0 Å². The summed E-state index contributed by atoms with van der Waals surface area (Å²) in [4.78, 5) is 10.6. The van der Waals surface area contributed by atoms with E-state index < -0.39 is 0 Å². The number of anilines is 1. The summed E-state index contributed by atoms with van der Waals surface area (Å²) in [6, 6.07) is 7.70. The van der Waals surface area contributed by atoms with Crippen molar-refractivity contribution in [2.24, 2.45) is 5.73 Å². The maximum Gasteiger partial charge on any atom is 0.219 e. The number of primary amides is 1. The number of hydrogen-bond acceptors (Lipinski definition) is 3. The smallest absolute Gasteiger partial charge is 0.219 e. The highest BCUT2D eigenvalue weighted by atomic mass is 16.5. The molecule has 0 aliphatic rings. The van der Waals surface area contributed by atoms with Crippen molar-refractivity contribution in [3.63, 3.8) is 0 Å². The first-order valence-corrected chi connectivity index (χ1v) is 5.90. The summed E-state index contributed by atoms with van der Waals surface area (Å²) in [7, 11) is 0. The molecule has 17 heavy (non-hydrogen) atoms. The average Bonchev–Trinajstić information content (AvgIpc) is 2.29. The first kappa shape index (κ1) is 13.4. The Morgan fingerprint density at radius 1 is 1.53 bits per heavy atom. The molecule has 0 saturated carbocycles. The van der Waals surface area contributed by atoms with Gasteiger partial charge in [0.2, 0.25) is 5.91 Å². The second-order valence-electron chi connectivity index (χ2n) is 4.01. The van der Waals surface area contributed by atoms with Gasteiger partial charge in [0, 0.05) is 24.7 Å². The molecule has 1 amide bonds. The van der Waals surface area contributed by atoms with Gasteiger partial charge < -0.3 is 15.8 Å². The predicted octanol–water partition coefficient (Wildman–Crippen LogP) is 2.15. The molecule has 1 rings (SSSR count). The molecule has 1 atom stereocenters. The number of ether oxygens (including phenoxy) is 1. The standard InChI is InChI=1S/C13H20N2O2/c1-3-10(2)17-12-6-4-5-11(9-12)15-8-7-13(14)16/h4-6,9-10,15H,3,7-8H2,1-2H3,(H2,14,16). The molecule has 0 fully saturated rings. The number of carbonyl (C=O) groups is 1. The fourth-order valence-electron chi connectivity index (χ4n) is 1.33.